The Labute approximate surface area is 206 Å². The van der Waals surface area contributed by atoms with Crippen LogP contribution in [-0.2, 0) is 11.2 Å². The second kappa shape index (κ2) is 8.55. The number of fused-ring (bicyclic) bond motifs is 1. The number of allylic oxidation sites excluding steroid dienone is 1. The lowest BCUT2D eigenvalue weighted by Crippen LogP contribution is -2.49. The molecule has 178 valence electrons. The Bertz CT molecular complexity index is 1240. The molecule has 1 fully saturated rings. The molecule has 5 rings (SSSR count). The normalized spacial score (nSPS) is 23.9. The second-order valence-electron chi connectivity index (χ2n) is 9.20. The summed E-state index contributed by atoms with van der Waals surface area (Å²) in [5.74, 6) is 0.249. The SMILES string of the molecule is C[C@@H]1C(=O)C(Sc2ccnc(N)c2Cl)=C(N)N=C1N1CCC2(CC1)Cc1cccc(F)c1C2N. The Morgan fingerprint density at radius 3 is 2.68 bits per heavy atom. The number of aromatic nitrogens is 1. The number of amidine groups is 1. The summed E-state index contributed by atoms with van der Waals surface area (Å²) in [5.41, 5.74) is 20.1. The van der Waals surface area contributed by atoms with E-state index in [9.17, 15) is 9.18 Å². The molecule has 7 nitrogen and oxygen atoms in total. The van der Waals surface area contributed by atoms with Crippen molar-refractivity contribution in [2.45, 2.75) is 37.1 Å². The van der Waals surface area contributed by atoms with E-state index in [1.165, 1.54) is 12.3 Å². The first-order valence-electron chi connectivity index (χ1n) is 11.2. The number of nitrogen functional groups attached to an aromatic ring is 1. The molecular weight excluding hydrogens is 475 g/mol. The molecule has 0 amide bonds. The lowest BCUT2D eigenvalue weighted by Gasteiger charge is -2.44. The molecule has 0 radical (unpaired) electrons. The number of nitrogens with two attached hydrogens (primary N) is 3. The summed E-state index contributed by atoms with van der Waals surface area (Å²) < 4.78 is 14.4. The van der Waals surface area contributed by atoms with Crippen LogP contribution in [0.15, 0.2) is 51.1 Å². The molecule has 2 atom stereocenters. The molecule has 3 aliphatic rings. The molecule has 34 heavy (non-hydrogen) atoms. The molecule has 1 spiro atoms. The number of hydrogen-bond donors (Lipinski definition) is 3. The zero-order valence-electron chi connectivity index (χ0n) is 18.7. The highest BCUT2D eigenvalue weighted by molar-refractivity contribution is 8.04. The van der Waals surface area contributed by atoms with Gasteiger partial charge in [-0.2, -0.15) is 0 Å². The number of aliphatic imine (C=N–C) groups is 1. The van der Waals surface area contributed by atoms with Crippen molar-refractivity contribution < 1.29 is 9.18 Å². The van der Waals surface area contributed by atoms with Gasteiger partial charge in [0.25, 0.3) is 0 Å². The van der Waals surface area contributed by atoms with E-state index in [0.717, 1.165) is 36.6 Å². The summed E-state index contributed by atoms with van der Waals surface area (Å²) in [6.07, 6.45) is 3.89. The Kier molecular flexibility index (Phi) is 5.82. The number of thioether (sulfide) groups is 1. The van der Waals surface area contributed by atoms with Gasteiger partial charge < -0.3 is 22.1 Å². The number of nitrogens with zero attached hydrogens (tertiary/aromatic N) is 3. The number of anilines is 1. The van der Waals surface area contributed by atoms with Gasteiger partial charge in [-0.25, -0.2) is 14.4 Å². The fourth-order valence-corrected chi connectivity index (χ4v) is 6.53. The summed E-state index contributed by atoms with van der Waals surface area (Å²) in [7, 11) is 0. The number of likely N-dealkylation sites (tertiary alicyclic amines) is 1. The topological polar surface area (TPSA) is 124 Å². The van der Waals surface area contributed by atoms with Gasteiger partial charge in [-0.3, -0.25) is 4.79 Å². The third-order valence-corrected chi connectivity index (χ3v) is 8.99. The molecule has 1 aromatic carbocycles. The third kappa shape index (κ3) is 3.66. The van der Waals surface area contributed by atoms with Gasteiger partial charge in [-0.15, -0.1) is 0 Å². The maximum atomic E-state index is 14.4. The number of halogens is 2. The van der Waals surface area contributed by atoms with Crippen LogP contribution in [0.25, 0.3) is 0 Å². The lowest BCUT2D eigenvalue weighted by molar-refractivity contribution is -0.116. The second-order valence-corrected chi connectivity index (χ2v) is 10.6. The molecule has 1 saturated heterocycles. The van der Waals surface area contributed by atoms with Crippen LogP contribution in [0.5, 0.6) is 0 Å². The summed E-state index contributed by atoms with van der Waals surface area (Å²) in [4.78, 5) is 24.9. The van der Waals surface area contributed by atoms with Gasteiger partial charge in [-0.05, 0) is 49.3 Å². The first kappa shape index (κ1) is 23.1. The van der Waals surface area contributed by atoms with Crippen LogP contribution >= 0.6 is 23.4 Å². The van der Waals surface area contributed by atoms with Crippen molar-refractivity contribution in [1.29, 1.82) is 0 Å². The van der Waals surface area contributed by atoms with Gasteiger partial charge in [-0.1, -0.05) is 35.5 Å². The molecule has 6 N–H and O–H groups in total. The van der Waals surface area contributed by atoms with Crippen LogP contribution in [0.1, 0.15) is 36.9 Å². The van der Waals surface area contributed by atoms with E-state index < -0.39 is 5.92 Å². The van der Waals surface area contributed by atoms with Crippen molar-refractivity contribution >= 4 is 40.8 Å². The highest BCUT2D eigenvalue weighted by Gasteiger charge is 2.48. The molecule has 0 saturated carbocycles. The number of Topliss-reactive ketones (excluding diaryl/α,β-unsaturated/α-hetero) is 1. The van der Waals surface area contributed by atoms with Crippen molar-refractivity contribution in [2.75, 3.05) is 18.8 Å². The van der Waals surface area contributed by atoms with Crippen molar-refractivity contribution in [3.8, 4) is 0 Å². The Morgan fingerprint density at radius 2 is 1.97 bits per heavy atom. The number of benzene rings is 1. The van der Waals surface area contributed by atoms with E-state index in [1.807, 2.05) is 13.0 Å². The molecule has 1 unspecified atom stereocenters. The van der Waals surface area contributed by atoms with Gasteiger partial charge in [0, 0.05) is 35.8 Å². The van der Waals surface area contributed by atoms with Crippen molar-refractivity contribution in [2.24, 2.45) is 27.8 Å². The first-order valence-corrected chi connectivity index (χ1v) is 12.4. The number of pyridine rings is 1. The average Bonchev–Trinajstić information content (AvgIpc) is 3.09. The van der Waals surface area contributed by atoms with E-state index in [4.69, 9.17) is 28.8 Å². The standard InChI is InChI=1S/C24H26ClFN6OS/c1-12-18(33)19(34-15-5-8-30-21(28)17(15)25)22(29)31-23(12)32-9-6-24(7-10-32)11-13-3-2-4-14(26)16(13)20(24)27/h2-5,8,12,20H,6-7,9-11,27,29H2,1H3,(H2,28,30)/t12-,20?/m1/s1. The fourth-order valence-electron chi connectivity index (χ4n) is 5.34. The Morgan fingerprint density at radius 1 is 1.24 bits per heavy atom. The van der Waals surface area contributed by atoms with Crippen molar-refractivity contribution in [1.82, 2.24) is 9.88 Å². The third-order valence-electron chi connectivity index (χ3n) is 7.30. The maximum absolute atomic E-state index is 14.4. The number of carbonyl (C=O) groups excluding carboxylic acids is 1. The van der Waals surface area contributed by atoms with Gasteiger partial charge in [0.15, 0.2) is 5.78 Å². The van der Waals surface area contributed by atoms with Crippen LogP contribution in [0.2, 0.25) is 5.02 Å². The minimum absolute atomic E-state index is 0.105. The number of ketones is 1. The summed E-state index contributed by atoms with van der Waals surface area (Å²) >= 11 is 7.41. The van der Waals surface area contributed by atoms with Gasteiger partial charge in [0.1, 0.15) is 23.3 Å². The zero-order chi connectivity index (χ0) is 24.2. The minimum Gasteiger partial charge on any atom is -0.383 e. The van der Waals surface area contributed by atoms with Crippen LogP contribution in [0.4, 0.5) is 10.2 Å². The van der Waals surface area contributed by atoms with Crippen LogP contribution in [-0.4, -0.2) is 34.6 Å². The maximum Gasteiger partial charge on any atom is 0.183 e. The van der Waals surface area contributed by atoms with Crippen molar-refractivity contribution in [3.63, 3.8) is 0 Å². The smallest absolute Gasteiger partial charge is 0.183 e. The average molecular weight is 501 g/mol. The van der Waals surface area contributed by atoms with Crippen LogP contribution < -0.4 is 17.2 Å². The highest BCUT2D eigenvalue weighted by atomic mass is 35.5. The van der Waals surface area contributed by atoms with E-state index >= 15 is 0 Å². The molecule has 0 bridgehead atoms. The monoisotopic (exact) mass is 500 g/mol. The predicted octanol–water partition coefficient (Wildman–Crippen LogP) is 3.63. The molecule has 2 aromatic rings. The number of carbonyl (C=O) groups is 1. The molecule has 1 aromatic heterocycles. The Hall–Kier alpha value is -2.62. The number of hydrogen-bond acceptors (Lipinski definition) is 8. The fraction of sp³-hybridized carbons (Fsp3) is 0.375. The quantitative estimate of drug-likeness (QED) is 0.575. The molecule has 3 heterocycles. The molecular formula is C24H26ClFN6OS. The number of piperidine rings is 1. The number of rotatable bonds is 2. The largest absolute Gasteiger partial charge is 0.383 e. The van der Waals surface area contributed by atoms with E-state index in [-0.39, 0.29) is 39.7 Å². The lowest BCUT2D eigenvalue weighted by atomic mass is 9.73. The van der Waals surface area contributed by atoms with Gasteiger partial charge in [0.2, 0.25) is 0 Å². The highest BCUT2D eigenvalue weighted by Crippen LogP contribution is 2.51. The van der Waals surface area contributed by atoms with Gasteiger partial charge in [0.05, 0.1) is 15.8 Å². The minimum atomic E-state index is -0.450. The van der Waals surface area contributed by atoms with E-state index in [2.05, 4.69) is 14.9 Å². The van der Waals surface area contributed by atoms with Crippen LogP contribution in [0.3, 0.4) is 0 Å². The molecule has 1 aliphatic carbocycles. The summed E-state index contributed by atoms with van der Waals surface area (Å²) in [5, 5.41) is 0.287. The summed E-state index contributed by atoms with van der Waals surface area (Å²) in [6, 6.07) is 6.56. The summed E-state index contributed by atoms with van der Waals surface area (Å²) in [6.45, 7) is 3.21. The molecule has 10 heteroatoms. The van der Waals surface area contributed by atoms with E-state index in [1.54, 1.807) is 12.1 Å². The van der Waals surface area contributed by atoms with Crippen LogP contribution in [0, 0.1) is 17.2 Å². The predicted molar refractivity (Wildman–Crippen MR) is 133 cm³/mol. The van der Waals surface area contributed by atoms with E-state index in [0.29, 0.717) is 34.3 Å². The zero-order valence-corrected chi connectivity index (χ0v) is 20.3. The first-order chi connectivity index (χ1) is 16.2. The Balaban J connectivity index is 1.35. The van der Waals surface area contributed by atoms with Gasteiger partial charge >= 0.3 is 0 Å². The molecule has 2 aliphatic heterocycles. The van der Waals surface area contributed by atoms with Crippen molar-refractivity contribution in [3.05, 3.63) is 63.2 Å².